The average molecular weight is 224 g/mol. The molecule has 0 spiro atoms. The summed E-state index contributed by atoms with van der Waals surface area (Å²) in [6.45, 7) is 5.38. The highest BCUT2D eigenvalue weighted by Gasteiger charge is 2.15. The highest BCUT2D eigenvalue weighted by atomic mass is 15.4. The van der Waals surface area contributed by atoms with Gasteiger partial charge in [-0.05, 0) is 12.8 Å². The fourth-order valence-corrected chi connectivity index (χ4v) is 1.96. The summed E-state index contributed by atoms with van der Waals surface area (Å²) >= 11 is 0. The average Bonchev–Trinajstić information content (AvgIpc) is 2.52. The Labute approximate surface area is 98.4 Å². The van der Waals surface area contributed by atoms with E-state index in [9.17, 15) is 0 Å². The summed E-state index contributed by atoms with van der Waals surface area (Å²) in [6, 6.07) is 0. The zero-order valence-corrected chi connectivity index (χ0v) is 11.0. The number of rotatable bonds is 6. The second-order valence-corrected chi connectivity index (χ2v) is 4.33. The highest BCUT2D eigenvalue weighted by molar-refractivity contribution is 5.66. The van der Waals surface area contributed by atoms with Crippen LogP contribution in [-0.2, 0) is 13.5 Å². The van der Waals surface area contributed by atoms with Gasteiger partial charge in [0.1, 0.15) is 5.82 Å². The van der Waals surface area contributed by atoms with Crippen molar-refractivity contribution in [2.45, 2.75) is 39.5 Å². The Kier molecular flexibility index (Phi) is 4.65. The molecule has 92 valence electrons. The quantitative estimate of drug-likeness (QED) is 0.805. The van der Waals surface area contributed by atoms with E-state index in [1.807, 2.05) is 11.7 Å². The topological polar surface area (TPSA) is 47.1 Å². The monoisotopic (exact) mass is 224 g/mol. The van der Waals surface area contributed by atoms with Crippen molar-refractivity contribution in [2.24, 2.45) is 7.05 Å². The van der Waals surface area contributed by atoms with Crippen LogP contribution in [-0.4, -0.2) is 23.4 Å². The maximum absolute atomic E-state index is 6.14. The van der Waals surface area contributed by atoms with Crippen LogP contribution >= 0.6 is 0 Å². The molecule has 0 radical (unpaired) electrons. The second kappa shape index (κ2) is 5.77. The van der Waals surface area contributed by atoms with Gasteiger partial charge in [-0.3, -0.25) is 4.68 Å². The molecular weight excluding hydrogens is 200 g/mol. The van der Waals surface area contributed by atoms with Gasteiger partial charge in [-0.2, -0.15) is 5.10 Å². The van der Waals surface area contributed by atoms with Gasteiger partial charge in [0.25, 0.3) is 0 Å². The van der Waals surface area contributed by atoms with Crippen LogP contribution in [0.15, 0.2) is 0 Å². The van der Waals surface area contributed by atoms with Gasteiger partial charge in [-0.15, -0.1) is 0 Å². The summed E-state index contributed by atoms with van der Waals surface area (Å²) in [6.07, 6.45) is 4.43. The van der Waals surface area contributed by atoms with Gasteiger partial charge < -0.3 is 10.6 Å². The molecule has 4 heteroatoms. The van der Waals surface area contributed by atoms with E-state index in [1.165, 1.54) is 12.8 Å². The van der Waals surface area contributed by atoms with Crippen LogP contribution in [0.3, 0.4) is 0 Å². The molecule has 0 aliphatic carbocycles. The Morgan fingerprint density at radius 2 is 2.00 bits per heavy atom. The molecule has 0 bridgehead atoms. The number of nitrogens with two attached hydrogens (primary N) is 1. The number of unbranched alkanes of at least 4 members (excludes halogenated alkanes) is 1. The minimum atomic E-state index is 0.850. The summed E-state index contributed by atoms with van der Waals surface area (Å²) in [5, 5.41) is 4.48. The summed E-state index contributed by atoms with van der Waals surface area (Å²) in [7, 11) is 4.05. The van der Waals surface area contributed by atoms with Gasteiger partial charge in [0.2, 0.25) is 0 Å². The van der Waals surface area contributed by atoms with Crippen molar-refractivity contribution in [1.29, 1.82) is 0 Å². The molecule has 1 rings (SSSR count). The first kappa shape index (κ1) is 12.9. The van der Waals surface area contributed by atoms with E-state index >= 15 is 0 Å². The highest BCUT2D eigenvalue weighted by Crippen LogP contribution is 2.26. The van der Waals surface area contributed by atoms with Crippen molar-refractivity contribution in [3.8, 4) is 0 Å². The molecule has 0 aliphatic heterocycles. The lowest BCUT2D eigenvalue weighted by molar-refractivity contribution is 0.694. The van der Waals surface area contributed by atoms with E-state index in [2.05, 4.69) is 30.9 Å². The molecule has 1 aromatic rings. The van der Waals surface area contributed by atoms with Gasteiger partial charge in [-0.1, -0.05) is 26.7 Å². The molecule has 2 N–H and O–H groups in total. The minimum Gasteiger partial charge on any atom is -0.394 e. The van der Waals surface area contributed by atoms with Crippen LogP contribution < -0.4 is 10.6 Å². The Balaban J connectivity index is 2.86. The molecule has 1 aromatic heterocycles. The zero-order chi connectivity index (χ0) is 12.1. The SMILES string of the molecule is CCCCN(C)c1c(N)c(CCC)nn1C. The summed E-state index contributed by atoms with van der Waals surface area (Å²) in [5.74, 6) is 1.05. The number of hydrogen-bond acceptors (Lipinski definition) is 3. The second-order valence-electron chi connectivity index (χ2n) is 4.33. The Morgan fingerprint density at radius 1 is 1.31 bits per heavy atom. The third-order valence-electron chi connectivity index (χ3n) is 2.82. The van der Waals surface area contributed by atoms with E-state index in [0.29, 0.717) is 0 Å². The van der Waals surface area contributed by atoms with Crippen molar-refractivity contribution in [1.82, 2.24) is 9.78 Å². The van der Waals surface area contributed by atoms with E-state index < -0.39 is 0 Å². The molecule has 0 saturated carbocycles. The molecule has 1 heterocycles. The van der Waals surface area contributed by atoms with Crippen LogP contribution in [0.1, 0.15) is 38.8 Å². The molecule has 0 amide bonds. The van der Waals surface area contributed by atoms with Gasteiger partial charge in [0.05, 0.1) is 11.4 Å². The molecule has 0 atom stereocenters. The predicted octanol–water partition coefficient (Wildman–Crippen LogP) is 2.19. The van der Waals surface area contributed by atoms with E-state index in [1.54, 1.807) is 0 Å². The molecule has 0 unspecified atom stereocenters. The molecule has 0 fully saturated rings. The largest absolute Gasteiger partial charge is 0.394 e. The third-order valence-corrected chi connectivity index (χ3v) is 2.82. The number of nitrogens with zero attached hydrogens (tertiary/aromatic N) is 3. The molecule has 0 aliphatic rings. The van der Waals surface area contributed by atoms with E-state index in [-0.39, 0.29) is 0 Å². The molecule has 0 saturated heterocycles. The van der Waals surface area contributed by atoms with Gasteiger partial charge in [0, 0.05) is 20.6 Å². The van der Waals surface area contributed by atoms with Crippen molar-refractivity contribution in [3.63, 3.8) is 0 Å². The zero-order valence-electron chi connectivity index (χ0n) is 11.0. The molecule has 16 heavy (non-hydrogen) atoms. The van der Waals surface area contributed by atoms with Crippen molar-refractivity contribution >= 4 is 11.5 Å². The molecule has 4 nitrogen and oxygen atoms in total. The summed E-state index contributed by atoms with van der Waals surface area (Å²) < 4.78 is 1.90. The number of nitrogen functional groups attached to an aromatic ring is 1. The van der Waals surface area contributed by atoms with Crippen LogP contribution in [0.5, 0.6) is 0 Å². The van der Waals surface area contributed by atoms with E-state index in [4.69, 9.17) is 5.73 Å². The predicted molar refractivity (Wildman–Crippen MR) is 69.8 cm³/mol. The first-order valence-electron chi connectivity index (χ1n) is 6.14. The number of hydrogen-bond donors (Lipinski definition) is 1. The van der Waals surface area contributed by atoms with Crippen molar-refractivity contribution < 1.29 is 0 Å². The fourth-order valence-electron chi connectivity index (χ4n) is 1.96. The third kappa shape index (κ3) is 2.68. The van der Waals surface area contributed by atoms with E-state index in [0.717, 1.165) is 36.6 Å². The number of anilines is 2. The van der Waals surface area contributed by atoms with Gasteiger partial charge in [0.15, 0.2) is 0 Å². The number of aromatic nitrogens is 2. The van der Waals surface area contributed by atoms with Gasteiger partial charge >= 0.3 is 0 Å². The lowest BCUT2D eigenvalue weighted by Gasteiger charge is -2.19. The lowest BCUT2D eigenvalue weighted by Crippen LogP contribution is -2.22. The molecule has 0 aromatic carbocycles. The maximum atomic E-state index is 6.14. The van der Waals surface area contributed by atoms with Crippen LogP contribution in [0.2, 0.25) is 0 Å². The molecular formula is C12H24N4. The first-order chi connectivity index (χ1) is 7.61. The standard InChI is InChI=1S/C12H24N4/c1-5-7-9-15(3)12-11(13)10(8-6-2)14-16(12)4/h5-9,13H2,1-4H3. The minimum absolute atomic E-state index is 0.850. The smallest absolute Gasteiger partial charge is 0.150 e. The Morgan fingerprint density at radius 3 is 2.56 bits per heavy atom. The summed E-state index contributed by atoms with van der Waals surface area (Å²) in [4.78, 5) is 2.20. The lowest BCUT2D eigenvalue weighted by atomic mass is 10.2. The fraction of sp³-hybridized carbons (Fsp3) is 0.750. The van der Waals surface area contributed by atoms with Crippen LogP contribution in [0.4, 0.5) is 11.5 Å². The number of aryl methyl sites for hydroxylation is 2. The summed E-state index contributed by atoms with van der Waals surface area (Å²) in [5.41, 5.74) is 8.02. The van der Waals surface area contributed by atoms with Gasteiger partial charge in [-0.25, -0.2) is 0 Å². The first-order valence-corrected chi connectivity index (χ1v) is 6.14. The Bertz CT molecular complexity index is 330. The normalized spacial score (nSPS) is 10.8. The Hall–Kier alpha value is -1.19. The maximum Gasteiger partial charge on any atom is 0.150 e. The van der Waals surface area contributed by atoms with Crippen molar-refractivity contribution in [3.05, 3.63) is 5.69 Å². The van der Waals surface area contributed by atoms with Crippen molar-refractivity contribution in [2.75, 3.05) is 24.2 Å². The van der Waals surface area contributed by atoms with Crippen LogP contribution in [0, 0.1) is 0 Å². The van der Waals surface area contributed by atoms with Crippen LogP contribution in [0.25, 0.3) is 0 Å².